The fraction of sp³-hybridized carbons (Fsp3) is 0.500. The van der Waals surface area contributed by atoms with Crippen LogP contribution in [0.4, 0.5) is 13.2 Å². The maximum absolute atomic E-state index is 12.0. The van der Waals surface area contributed by atoms with E-state index in [1.807, 2.05) is 0 Å². The number of halogens is 3. The van der Waals surface area contributed by atoms with Crippen LogP contribution in [0.25, 0.3) is 0 Å². The molecule has 0 aliphatic rings. The highest BCUT2D eigenvalue weighted by Crippen LogP contribution is 2.19. The van der Waals surface area contributed by atoms with Crippen LogP contribution in [0.1, 0.15) is 23.0 Å². The van der Waals surface area contributed by atoms with E-state index in [-0.39, 0.29) is 17.0 Å². The number of Topliss-reactive ketones (excluding diaryl/α,β-unsaturated/α-hetero) is 1. The molecule has 0 bridgehead atoms. The monoisotopic (exact) mass is 206 g/mol. The zero-order chi connectivity index (χ0) is 10.9. The molecular formula is C8H9F3N2O. The molecule has 0 spiro atoms. The summed E-state index contributed by atoms with van der Waals surface area (Å²) < 4.78 is 36.7. The Kier molecular flexibility index (Phi) is 2.64. The van der Waals surface area contributed by atoms with Crippen molar-refractivity contribution in [2.24, 2.45) is 0 Å². The van der Waals surface area contributed by atoms with E-state index in [1.54, 1.807) is 0 Å². The lowest BCUT2D eigenvalue weighted by molar-refractivity contribution is -0.142. The Bertz CT molecular complexity index is 354. The van der Waals surface area contributed by atoms with Crippen molar-refractivity contribution in [3.05, 3.63) is 17.5 Å². The molecule has 1 aromatic heterocycles. The standard InChI is InChI=1S/C8H9F3N2O/c1-5-7(6(2)14)3-12-13(5)4-8(9,10)11/h3H,4H2,1-2H3. The third-order valence-corrected chi connectivity index (χ3v) is 1.81. The minimum Gasteiger partial charge on any atom is -0.294 e. The normalized spacial score (nSPS) is 11.8. The van der Waals surface area contributed by atoms with Crippen molar-refractivity contribution in [3.8, 4) is 0 Å². The van der Waals surface area contributed by atoms with Gasteiger partial charge < -0.3 is 0 Å². The maximum Gasteiger partial charge on any atom is 0.408 e. The van der Waals surface area contributed by atoms with Gasteiger partial charge in [-0.3, -0.25) is 9.48 Å². The first-order valence-electron chi connectivity index (χ1n) is 3.91. The van der Waals surface area contributed by atoms with Crippen LogP contribution in [0.3, 0.4) is 0 Å². The van der Waals surface area contributed by atoms with Crippen LogP contribution in [0.15, 0.2) is 6.20 Å². The summed E-state index contributed by atoms with van der Waals surface area (Å²) in [6, 6.07) is 0. The number of carbonyl (C=O) groups excluding carboxylic acids is 1. The van der Waals surface area contributed by atoms with E-state index >= 15 is 0 Å². The van der Waals surface area contributed by atoms with Crippen LogP contribution < -0.4 is 0 Å². The zero-order valence-corrected chi connectivity index (χ0v) is 7.72. The van der Waals surface area contributed by atoms with Gasteiger partial charge in [0.25, 0.3) is 0 Å². The molecule has 78 valence electrons. The third kappa shape index (κ3) is 2.34. The number of ketones is 1. The molecular weight excluding hydrogens is 197 g/mol. The highest BCUT2D eigenvalue weighted by molar-refractivity contribution is 5.94. The lowest BCUT2D eigenvalue weighted by atomic mass is 10.2. The summed E-state index contributed by atoms with van der Waals surface area (Å²) in [7, 11) is 0. The van der Waals surface area contributed by atoms with Crippen molar-refractivity contribution in [1.82, 2.24) is 9.78 Å². The van der Waals surface area contributed by atoms with Crippen molar-refractivity contribution in [1.29, 1.82) is 0 Å². The van der Waals surface area contributed by atoms with Gasteiger partial charge in [0.15, 0.2) is 5.78 Å². The predicted molar refractivity (Wildman–Crippen MR) is 43.0 cm³/mol. The van der Waals surface area contributed by atoms with E-state index in [9.17, 15) is 18.0 Å². The molecule has 1 aromatic rings. The van der Waals surface area contributed by atoms with Crippen LogP contribution in [-0.4, -0.2) is 21.7 Å². The largest absolute Gasteiger partial charge is 0.408 e. The molecule has 0 aliphatic carbocycles. The highest BCUT2D eigenvalue weighted by atomic mass is 19.4. The van der Waals surface area contributed by atoms with Crippen molar-refractivity contribution in [2.75, 3.05) is 0 Å². The summed E-state index contributed by atoms with van der Waals surface area (Å²) in [5.41, 5.74) is 0.476. The molecule has 0 aliphatic heterocycles. The second kappa shape index (κ2) is 3.43. The van der Waals surface area contributed by atoms with Gasteiger partial charge in [0.2, 0.25) is 0 Å². The molecule has 1 heterocycles. The molecule has 0 amide bonds. The highest BCUT2D eigenvalue weighted by Gasteiger charge is 2.29. The minimum atomic E-state index is -4.31. The van der Waals surface area contributed by atoms with Crippen LogP contribution in [-0.2, 0) is 6.54 Å². The lowest BCUT2D eigenvalue weighted by Gasteiger charge is -2.07. The van der Waals surface area contributed by atoms with E-state index in [1.165, 1.54) is 13.8 Å². The van der Waals surface area contributed by atoms with Gasteiger partial charge in [0.1, 0.15) is 6.54 Å². The lowest BCUT2D eigenvalue weighted by Crippen LogP contribution is -2.19. The van der Waals surface area contributed by atoms with Gasteiger partial charge >= 0.3 is 6.18 Å². The molecule has 3 nitrogen and oxygen atoms in total. The van der Waals surface area contributed by atoms with Gasteiger partial charge in [0, 0.05) is 5.69 Å². The topological polar surface area (TPSA) is 34.9 Å². The molecule has 0 saturated heterocycles. The average Bonchev–Trinajstić information content (AvgIpc) is 2.29. The van der Waals surface area contributed by atoms with E-state index in [0.717, 1.165) is 10.9 Å². The van der Waals surface area contributed by atoms with E-state index in [2.05, 4.69) is 5.10 Å². The summed E-state index contributed by atoms with van der Waals surface area (Å²) in [6.07, 6.45) is -3.16. The first kappa shape index (κ1) is 10.7. The average molecular weight is 206 g/mol. The number of hydrogen-bond donors (Lipinski definition) is 0. The Morgan fingerprint density at radius 3 is 2.50 bits per heavy atom. The fourth-order valence-electron chi connectivity index (χ4n) is 1.12. The molecule has 0 fully saturated rings. The minimum absolute atomic E-state index is 0.231. The summed E-state index contributed by atoms with van der Waals surface area (Å²) in [6.45, 7) is 1.57. The predicted octanol–water partition coefficient (Wildman–Crippen LogP) is 1.96. The Morgan fingerprint density at radius 2 is 2.14 bits per heavy atom. The molecule has 14 heavy (non-hydrogen) atoms. The molecule has 0 unspecified atom stereocenters. The number of rotatable bonds is 2. The second-order valence-corrected chi connectivity index (χ2v) is 2.97. The molecule has 0 radical (unpaired) electrons. The quantitative estimate of drug-likeness (QED) is 0.693. The molecule has 0 saturated carbocycles. The number of carbonyl (C=O) groups is 1. The van der Waals surface area contributed by atoms with E-state index in [0.29, 0.717) is 0 Å². The third-order valence-electron chi connectivity index (χ3n) is 1.81. The van der Waals surface area contributed by atoms with Gasteiger partial charge in [-0.25, -0.2) is 0 Å². The van der Waals surface area contributed by atoms with Crippen LogP contribution >= 0.6 is 0 Å². The van der Waals surface area contributed by atoms with Crippen molar-refractivity contribution >= 4 is 5.78 Å². The van der Waals surface area contributed by atoms with E-state index < -0.39 is 12.7 Å². The number of nitrogens with zero attached hydrogens (tertiary/aromatic N) is 2. The maximum atomic E-state index is 12.0. The SMILES string of the molecule is CC(=O)c1cnn(CC(F)(F)F)c1C. The Labute approximate surface area is 78.5 Å². The summed E-state index contributed by atoms with van der Waals surface area (Å²) >= 11 is 0. The molecule has 1 rings (SSSR count). The first-order valence-corrected chi connectivity index (χ1v) is 3.91. The fourth-order valence-corrected chi connectivity index (χ4v) is 1.12. The number of hydrogen-bond acceptors (Lipinski definition) is 2. The molecule has 6 heteroatoms. The van der Waals surface area contributed by atoms with Crippen molar-refractivity contribution in [3.63, 3.8) is 0 Å². The van der Waals surface area contributed by atoms with E-state index in [4.69, 9.17) is 0 Å². The van der Waals surface area contributed by atoms with Gasteiger partial charge in [-0.2, -0.15) is 18.3 Å². The second-order valence-electron chi connectivity index (χ2n) is 2.97. The van der Waals surface area contributed by atoms with Gasteiger partial charge in [-0.15, -0.1) is 0 Å². The molecule has 0 N–H and O–H groups in total. The Hall–Kier alpha value is -1.33. The van der Waals surface area contributed by atoms with Crippen molar-refractivity contribution < 1.29 is 18.0 Å². The zero-order valence-electron chi connectivity index (χ0n) is 7.72. The summed E-state index contributed by atoms with van der Waals surface area (Å²) in [5, 5.41) is 3.50. The van der Waals surface area contributed by atoms with Crippen LogP contribution in [0.2, 0.25) is 0 Å². The Balaban J connectivity index is 2.96. The molecule has 0 atom stereocenters. The Morgan fingerprint density at radius 1 is 1.57 bits per heavy atom. The first-order chi connectivity index (χ1) is 6.31. The van der Waals surface area contributed by atoms with Crippen molar-refractivity contribution in [2.45, 2.75) is 26.6 Å². The smallest absolute Gasteiger partial charge is 0.294 e. The summed E-state index contributed by atoms with van der Waals surface area (Å²) in [5.74, 6) is -0.282. The summed E-state index contributed by atoms with van der Waals surface area (Å²) in [4.78, 5) is 10.9. The van der Waals surface area contributed by atoms with Crippen LogP contribution in [0, 0.1) is 6.92 Å². The van der Waals surface area contributed by atoms with Crippen LogP contribution in [0.5, 0.6) is 0 Å². The van der Waals surface area contributed by atoms with Gasteiger partial charge in [-0.05, 0) is 13.8 Å². The van der Waals surface area contributed by atoms with Gasteiger partial charge in [-0.1, -0.05) is 0 Å². The van der Waals surface area contributed by atoms with Gasteiger partial charge in [0.05, 0.1) is 11.8 Å². The molecule has 0 aromatic carbocycles. The number of aromatic nitrogens is 2. The number of alkyl halides is 3.